The zero-order valence-electron chi connectivity index (χ0n) is 14.6. The quantitative estimate of drug-likeness (QED) is 0.597. The van der Waals surface area contributed by atoms with E-state index >= 15 is 0 Å². The number of likely N-dealkylation sites (tertiary alicyclic amines) is 1. The molecule has 7 heteroatoms. The van der Waals surface area contributed by atoms with Crippen LogP contribution in [0.25, 0.3) is 0 Å². The lowest BCUT2D eigenvalue weighted by Crippen LogP contribution is -2.49. The van der Waals surface area contributed by atoms with Crippen molar-refractivity contribution in [2.75, 3.05) is 6.61 Å². The summed E-state index contributed by atoms with van der Waals surface area (Å²) in [4.78, 5) is 38.3. The molecular weight excluding hydrogens is 326 g/mol. The molecular formula is C18H23NO6. The van der Waals surface area contributed by atoms with Crippen LogP contribution >= 0.6 is 0 Å². The van der Waals surface area contributed by atoms with Crippen molar-refractivity contribution in [2.24, 2.45) is 11.8 Å². The van der Waals surface area contributed by atoms with Crippen LogP contribution in [0.2, 0.25) is 0 Å². The summed E-state index contributed by atoms with van der Waals surface area (Å²) in [5, 5.41) is 19.2. The Kier molecular flexibility index (Phi) is 5.66. The van der Waals surface area contributed by atoms with Crippen molar-refractivity contribution in [3.05, 3.63) is 23.8 Å². The number of phenols is 2. The maximum absolute atomic E-state index is 12.7. The second-order valence-electron chi connectivity index (χ2n) is 6.46. The monoisotopic (exact) mass is 349 g/mol. The van der Waals surface area contributed by atoms with E-state index in [4.69, 9.17) is 4.74 Å². The number of ether oxygens (including phenoxy) is 1. The van der Waals surface area contributed by atoms with Crippen molar-refractivity contribution in [3.63, 3.8) is 0 Å². The van der Waals surface area contributed by atoms with Gasteiger partial charge < -0.3 is 14.9 Å². The first kappa shape index (κ1) is 18.8. The van der Waals surface area contributed by atoms with Crippen LogP contribution in [0.4, 0.5) is 0 Å². The molecule has 7 nitrogen and oxygen atoms in total. The summed E-state index contributed by atoms with van der Waals surface area (Å²) in [7, 11) is 0. The molecule has 1 fully saturated rings. The van der Waals surface area contributed by atoms with E-state index in [2.05, 4.69) is 0 Å². The van der Waals surface area contributed by atoms with Gasteiger partial charge in [0.1, 0.15) is 17.5 Å². The highest BCUT2D eigenvalue weighted by molar-refractivity contribution is 6.06. The van der Waals surface area contributed by atoms with Crippen molar-refractivity contribution in [3.8, 4) is 11.5 Å². The number of hydrogen-bond acceptors (Lipinski definition) is 6. The largest absolute Gasteiger partial charge is 0.508 e. The molecule has 0 spiro atoms. The van der Waals surface area contributed by atoms with Gasteiger partial charge in [-0.2, -0.15) is 0 Å². The van der Waals surface area contributed by atoms with E-state index < -0.39 is 29.7 Å². The Labute approximate surface area is 146 Å². The third kappa shape index (κ3) is 3.92. The van der Waals surface area contributed by atoms with Gasteiger partial charge in [0.05, 0.1) is 12.5 Å². The molecule has 1 aromatic carbocycles. The van der Waals surface area contributed by atoms with E-state index in [0.717, 1.165) is 4.90 Å². The lowest BCUT2D eigenvalue weighted by atomic mass is 9.97. The van der Waals surface area contributed by atoms with Crippen molar-refractivity contribution in [1.29, 1.82) is 0 Å². The van der Waals surface area contributed by atoms with Crippen LogP contribution in [0, 0.1) is 11.8 Å². The average molecular weight is 349 g/mol. The van der Waals surface area contributed by atoms with Gasteiger partial charge in [-0.05, 0) is 30.9 Å². The number of amides is 2. The number of phenolic OH excluding ortho intramolecular Hbond substituents is 2. The van der Waals surface area contributed by atoms with E-state index in [-0.39, 0.29) is 36.9 Å². The zero-order valence-corrected chi connectivity index (χ0v) is 14.6. The van der Waals surface area contributed by atoms with Crippen LogP contribution in [0.15, 0.2) is 18.2 Å². The Morgan fingerprint density at radius 2 is 2.00 bits per heavy atom. The van der Waals surface area contributed by atoms with Crippen molar-refractivity contribution < 1.29 is 29.3 Å². The molecule has 2 unspecified atom stereocenters. The summed E-state index contributed by atoms with van der Waals surface area (Å²) in [6.07, 6.45) is 0.128. The predicted molar refractivity (Wildman–Crippen MR) is 88.7 cm³/mol. The number of esters is 1. The number of hydrogen-bond donors (Lipinski definition) is 2. The first-order valence-corrected chi connectivity index (χ1v) is 8.29. The number of carbonyl (C=O) groups is 3. The highest BCUT2D eigenvalue weighted by Crippen LogP contribution is 2.31. The molecule has 1 saturated heterocycles. The smallest absolute Gasteiger partial charge is 0.329 e. The molecule has 0 radical (unpaired) electrons. The molecule has 2 atom stereocenters. The fraction of sp³-hybridized carbons (Fsp3) is 0.500. The Morgan fingerprint density at radius 3 is 2.56 bits per heavy atom. The second-order valence-corrected chi connectivity index (χ2v) is 6.46. The van der Waals surface area contributed by atoms with E-state index in [1.807, 2.05) is 0 Å². The first-order chi connectivity index (χ1) is 11.8. The standard InChI is InChI=1S/C18H23NO6/c1-4-25-18(24)16(10(2)3)19-15(22)8-12(17(19)23)7-11-5-6-13(20)9-14(11)21/h5-6,9-10,12,16,20-21H,4,7-8H2,1-3H3. The van der Waals surface area contributed by atoms with Gasteiger partial charge in [-0.1, -0.05) is 19.9 Å². The number of benzene rings is 1. The molecule has 2 rings (SSSR count). The van der Waals surface area contributed by atoms with Gasteiger partial charge in [0, 0.05) is 12.5 Å². The van der Waals surface area contributed by atoms with Gasteiger partial charge in [-0.15, -0.1) is 0 Å². The highest BCUT2D eigenvalue weighted by Gasteiger charge is 2.46. The van der Waals surface area contributed by atoms with Crippen LogP contribution in [0.5, 0.6) is 11.5 Å². The SMILES string of the molecule is CCOC(=O)C(C(C)C)N1C(=O)CC(Cc2ccc(O)cc2O)C1=O. The van der Waals surface area contributed by atoms with Crippen LogP contribution < -0.4 is 0 Å². The molecule has 1 aliphatic rings. The Morgan fingerprint density at radius 1 is 1.32 bits per heavy atom. The van der Waals surface area contributed by atoms with Crippen molar-refractivity contribution in [1.82, 2.24) is 4.90 Å². The maximum Gasteiger partial charge on any atom is 0.329 e. The predicted octanol–water partition coefficient (Wildman–Crippen LogP) is 1.60. The molecule has 2 amide bonds. The molecule has 1 aromatic rings. The molecule has 1 heterocycles. The van der Waals surface area contributed by atoms with E-state index in [9.17, 15) is 24.6 Å². The fourth-order valence-electron chi connectivity index (χ4n) is 3.06. The van der Waals surface area contributed by atoms with Crippen molar-refractivity contribution >= 4 is 17.8 Å². The summed E-state index contributed by atoms with van der Waals surface area (Å²) >= 11 is 0. The normalized spacial score (nSPS) is 18.7. The average Bonchev–Trinajstić information content (AvgIpc) is 2.78. The van der Waals surface area contributed by atoms with Gasteiger partial charge in [0.15, 0.2) is 0 Å². The second kappa shape index (κ2) is 7.55. The molecule has 1 aliphatic heterocycles. The minimum absolute atomic E-state index is 0.0260. The topological polar surface area (TPSA) is 104 Å². The van der Waals surface area contributed by atoms with E-state index in [1.54, 1.807) is 20.8 Å². The van der Waals surface area contributed by atoms with Gasteiger partial charge in [0.2, 0.25) is 11.8 Å². The molecule has 136 valence electrons. The van der Waals surface area contributed by atoms with Crippen LogP contribution in [-0.4, -0.2) is 45.5 Å². The fourth-order valence-corrected chi connectivity index (χ4v) is 3.06. The minimum atomic E-state index is -0.946. The molecule has 0 bridgehead atoms. The van der Waals surface area contributed by atoms with Crippen LogP contribution in [-0.2, 0) is 25.5 Å². The summed E-state index contributed by atoms with van der Waals surface area (Å²) in [6, 6.07) is 3.16. The number of rotatable bonds is 6. The lowest BCUT2D eigenvalue weighted by Gasteiger charge is -2.27. The van der Waals surface area contributed by atoms with E-state index in [1.165, 1.54) is 18.2 Å². The molecule has 0 aromatic heterocycles. The Hall–Kier alpha value is -2.57. The minimum Gasteiger partial charge on any atom is -0.508 e. The number of carbonyl (C=O) groups excluding carboxylic acids is 3. The Balaban J connectivity index is 2.22. The third-order valence-electron chi connectivity index (χ3n) is 4.25. The van der Waals surface area contributed by atoms with E-state index in [0.29, 0.717) is 5.56 Å². The van der Waals surface area contributed by atoms with Crippen LogP contribution in [0.3, 0.4) is 0 Å². The first-order valence-electron chi connectivity index (χ1n) is 8.29. The summed E-state index contributed by atoms with van der Waals surface area (Å²) < 4.78 is 5.01. The summed E-state index contributed by atoms with van der Waals surface area (Å²) in [6.45, 7) is 5.34. The summed E-state index contributed by atoms with van der Waals surface area (Å²) in [5.74, 6) is -2.59. The highest BCUT2D eigenvalue weighted by atomic mass is 16.5. The third-order valence-corrected chi connectivity index (χ3v) is 4.25. The van der Waals surface area contributed by atoms with Gasteiger partial charge in [-0.25, -0.2) is 4.79 Å². The van der Waals surface area contributed by atoms with Gasteiger partial charge >= 0.3 is 5.97 Å². The van der Waals surface area contributed by atoms with Crippen molar-refractivity contribution in [2.45, 2.75) is 39.7 Å². The van der Waals surface area contributed by atoms with Gasteiger partial charge in [0.25, 0.3) is 0 Å². The maximum atomic E-state index is 12.7. The number of nitrogens with zero attached hydrogens (tertiary/aromatic N) is 1. The van der Waals surface area contributed by atoms with Gasteiger partial charge in [-0.3, -0.25) is 14.5 Å². The molecule has 0 saturated carbocycles. The Bertz CT molecular complexity index is 684. The molecule has 25 heavy (non-hydrogen) atoms. The molecule has 2 N–H and O–H groups in total. The lowest BCUT2D eigenvalue weighted by molar-refractivity contribution is -0.160. The number of imide groups is 1. The van der Waals surface area contributed by atoms with Crippen LogP contribution in [0.1, 0.15) is 32.8 Å². The zero-order chi connectivity index (χ0) is 18.7. The number of aromatic hydroxyl groups is 2. The molecule has 0 aliphatic carbocycles. The summed E-state index contributed by atoms with van der Waals surface area (Å²) in [5.41, 5.74) is 0.461.